The Hall–Kier alpha value is -4.01. The standard InChI is InChI=1S/C22H19FN4O4/c1-3-26-20(28)18-19(27(22(26)30)17-6-4-5-16(23)11-17)24-13-25(18)12-14-7-9-15(10-8-14)21(29)31-2/h4-11,13H,3,12H2,1-2H3. The van der Waals surface area contributed by atoms with E-state index in [0.717, 1.165) is 10.1 Å². The maximum absolute atomic E-state index is 13.8. The van der Waals surface area contributed by atoms with Gasteiger partial charge >= 0.3 is 11.7 Å². The van der Waals surface area contributed by atoms with Crippen LogP contribution in [0.1, 0.15) is 22.8 Å². The number of hydrogen-bond donors (Lipinski definition) is 0. The zero-order valence-corrected chi connectivity index (χ0v) is 16.9. The Morgan fingerprint density at radius 3 is 2.52 bits per heavy atom. The van der Waals surface area contributed by atoms with Gasteiger partial charge in [0.25, 0.3) is 5.56 Å². The fraction of sp³-hybridized carbons (Fsp3) is 0.182. The molecule has 2 aromatic heterocycles. The number of halogens is 1. The lowest BCUT2D eigenvalue weighted by Crippen LogP contribution is -2.39. The van der Waals surface area contributed by atoms with E-state index in [9.17, 15) is 18.8 Å². The first-order valence-electron chi connectivity index (χ1n) is 9.58. The molecule has 9 heteroatoms. The predicted molar refractivity (Wildman–Crippen MR) is 112 cm³/mol. The molecule has 158 valence electrons. The molecule has 0 saturated carbocycles. The highest BCUT2D eigenvalue weighted by atomic mass is 19.1. The van der Waals surface area contributed by atoms with Crippen molar-refractivity contribution in [3.05, 3.63) is 92.6 Å². The predicted octanol–water partition coefficient (Wildman–Crippen LogP) is 2.34. The van der Waals surface area contributed by atoms with Gasteiger partial charge in [-0.1, -0.05) is 18.2 Å². The minimum absolute atomic E-state index is 0.150. The molecule has 4 rings (SSSR count). The lowest BCUT2D eigenvalue weighted by atomic mass is 10.1. The normalized spacial score (nSPS) is 11.1. The summed E-state index contributed by atoms with van der Waals surface area (Å²) in [6.07, 6.45) is 1.47. The SMILES string of the molecule is CCn1c(=O)c2c(ncn2Cc2ccc(C(=O)OC)cc2)n(-c2cccc(F)c2)c1=O. The zero-order chi connectivity index (χ0) is 22.1. The molecular weight excluding hydrogens is 403 g/mol. The molecule has 0 spiro atoms. The van der Waals surface area contributed by atoms with E-state index in [1.165, 1.54) is 36.2 Å². The number of aromatic nitrogens is 4. The van der Waals surface area contributed by atoms with Gasteiger partial charge in [-0.25, -0.2) is 23.5 Å². The summed E-state index contributed by atoms with van der Waals surface area (Å²) in [6.45, 7) is 2.14. The van der Waals surface area contributed by atoms with Crippen molar-refractivity contribution in [2.75, 3.05) is 7.11 Å². The maximum atomic E-state index is 13.8. The van der Waals surface area contributed by atoms with Crippen molar-refractivity contribution in [3.63, 3.8) is 0 Å². The molecule has 8 nitrogen and oxygen atoms in total. The number of esters is 1. The number of methoxy groups -OCH3 is 1. The van der Waals surface area contributed by atoms with Gasteiger partial charge in [0.1, 0.15) is 5.82 Å². The number of ether oxygens (including phenoxy) is 1. The first-order chi connectivity index (χ1) is 14.9. The Morgan fingerprint density at radius 2 is 1.87 bits per heavy atom. The maximum Gasteiger partial charge on any atom is 0.337 e. The molecule has 0 N–H and O–H groups in total. The van der Waals surface area contributed by atoms with Crippen LogP contribution in [0, 0.1) is 5.82 Å². The van der Waals surface area contributed by atoms with Gasteiger partial charge in [-0.15, -0.1) is 0 Å². The van der Waals surface area contributed by atoms with Crippen LogP contribution in [0.2, 0.25) is 0 Å². The molecule has 0 bridgehead atoms. The van der Waals surface area contributed by atoms with Crippen LogP contribution in [-0.4, -0.2) is 31.8 Å². The number of carbonyl (C=O) groups is 1. The molecule has 0 saturated heterocycles. The van der Waals surface area contributed by atoms with E-state index in [2.05, 4.69) is 4.98 Å². The first kappa shape index (κ1) is 20.3. The van der Waals surface area contributed by atoms with Crippen molar-refractivity contribution in [3.8, 4) is 5.69 Å². The quantitative estimate of drug-likeness (QED) is 0.461. The van der Waals surface area contributed by atoms with Crippen molar-refractivity contribution in [2.24, 2.45) is 0 Å². The molecule has 0 fully saturated rings. The fourth-order valence-electron chi connectivity index (χ4n) is 3.49. The summed E-state index contributed by atoms with van der Waals surface area (Å²) in [5.41, 5.74) is 0.828. The van der Waals surface area contributed by atoms with Crippen LogP contribution in [0.25, 0.3) is 16.9 Å². The van der Waals surface area contributed by atoms with E-state index < -0.39 is 23.0 Å². The smallest absolute Gasteiger partial charge is 0.337 e. The second kappa shape index (κ2) is 8.02. The summed E-state index contributed by atoms with van der Waals surface area (Å²) in [5, 5.41) is 0. The van der Waals surface area contributed by atoms with Crippen molar-refractivity contribution in [2.45, 2.75) is 20.0 Å². The molecule has 0 atom stereocenters. The van der Waals surface area contributed by atoms with Crippen molar-refractivity contribution < 1.29 is 13.9 Å². The van der Waals surface area contributed by atoms with Crippen LogP contribution >= 0.6 is 0 Å². The van der Waals surface area contributed by atoms with Crippen LogP contribution in [0.5, 0.6) is 0 Å². The third-order valence-electron chi connectivity index (χ3n) is 5.01. The van der Waals surface area contributed by atoms with E-state index in [-0.39, 0.29) is 29.9 Å². The zero-order valence-electron chi connectivity index (χ0n) is 16.9. The lowest BCUT2D eigenvalue weighted by Gasteiger charge is -2.12. The minimum atomic E-state index is -0.585. The van der Waals surface area contributed by atoms with E-state index in [0.29, 0.717) is 5.56 Å². The van der Waals surface area contributed by atoms with E-state index in [1.807, 2.05) is 0 Å². The number of fused-ring (bicyclic) bond motifs is 1. The summed E-state index contributed by atoms with van der Waals surface area (Å²) >= 11 is 0. The molecule has 2 heterocycles. The van der Waals surface area contributed by atoms with Crippen LogP contribution in [0.3, 0.4) is 0 Å². The van der Waals surface area contributed by atoms with Crippen molar-refractivity contribution in [1.29, 1.82) is 0 Å². The number of imidazole rings is 1. The first-order valence-corrected chi connectivity index (χ1v) is 9.58. The van der Waals surface area contributed by atoms with Gasteiger partial charge in [0.2, 0.25) is 0 Å². The van der Waals surface area contributed by atoms with Crippen molar-refractivity contribution in [1.82, 2.24) is 18.7 Å². The van der Waals surface area contributed by atoms with Crippen LogP contribution in [-0.2, 0) is 17.8 Å². The Kier molecular flexibility index (Phi) is 5.24. The van der Waals surface area contributed by atoms with E-state index in [1.54, 1.807) is 41.8 Å². The van der Waals surface area contributed by atoms with E-state index in [4.69, 9.17) is 4.74 Å². The molecule has 0 aliphatic rings. The number of nitrogens with zero attached hydrogens (tertiary/aromatic N) is 4. The molecule has 31 heavy (non-hydrogen) atoms. The molecule has 0 radical (unpaired) electrons. The van der Waals surface area contributed by atoms with Gasteiger partial charge in [0.15, 0.2) is 11.2 Å². The van der Waals surface area contributed by atoms with Crippen LogP contribution < -0.4 is 11.2 Å². The average molecular weight is 422 g/mol. The van der Waals surface area contributed by atoms with Gasteiger partial charge in [-0.05, 0) is 42.8 Å². The largest absolute Gasteiger partial charge is 0.465 e. The third-order valence-corrected chi connectivity index (χ3v) is 5.01. The summed E-state index contributed by atoms with van der Waals surface area (Å²) in [5.74, 6) is -0.943. The Morgan fingerprint density at radius 1 is 1.13 bits per heavy atom. The Labute approximate surface area is 175 Å². The van der Waals surface area contributed by atoms with Crippen molar-refractivity contribution >= 4 is 17.1 Å². The fourth-order valence-corrected chi connectivity index (χ4v) is 3.49. The number of benzene rings is 2. The van der Waals surface area contributed by atoms with Gasteiger partial charge < -0.3 is 9.30 Å². The molecule has 4 aromatic rings. The Balaban J connectivity index is 1.87. The number of carbonyl (C=O) groups excluding carboxylic acids is 1. The topological polar surface area (TPSA) is 88.1 Å². The van der Waals surface area contributed by atoms with E-state index >= 15 is 0 Å². The minimum Gasteiger partial charge on any atom is -0.465 e. The third kappa shape index (κ3) is 3.54. The molecular formula is C22H19FN4O4. The van der Waals surface area contributed by atoms with Gasteiger partial charge in [0.05, 0.1) is 24.7 Å². The highest BCUT2D eigenvalue weighted by Gasteiger charge is 2.19. The summed E-state index contributed by atoms with van der Waals surface area (Å²) in [7, 11) is 1.31. The molecule has 0 amide bonds. The van der Waals surface area contributed by atoms with Gasteiger partial charge in [-0.2, -0.15) is 0 Å². The summed E-state index contributed by atoms with van der Waals surface area (Å²) < 4.78 is 22.5. The monoisotopic (exact) mass is 422 g/mol. The number of hydrogen-bond acceptors (Lipinski definition) is 5. The molecule has 0 aliphatic carbocycles. The highest BCUT2D eigenvalue weighted by molar-refractivity contribution is 5.89. The summed E-state index contributed by atoms with van der Waals surface area (Å²) in [6, 6.07) is 12.3. The highest BCUT2D eigenvalue weighted by Crippen LogP contribution is 2.16. The molecule has 0 aliphatic heterocycles. The second-order valence-corrected chi connectivity index (χ2v) is 6.88. The van der Waals surface area contributed by atoms with Crippen LogP contribution in [0.15, 0.2) is 64.4 Å². The average Bonchev–Trinajstić information content (AvgIpc) is 3.17. The van der Waals surface area contributed by atoms with Gasteiger partial charge in [-0.3, -0.25) is 9.36 Å². The summed E-state index contributed by atoms with van der Waals surface area (Å²) in [4.78, 5) is 41.9. The lowest BCUT2D eigenvalue weighted by molar-refractivity contribution is 0.0600. The van der Waals surface area contributed by atoms with Gasteiger partial charge in [0, 0.05) is 13.1 Å². The molecule has 2 aromatic carbocycles. The second-order valence-electron chi connectivity index (χ2n) is 6.88. The van der Waals surface area contributed by atoms with Crippen LogP contribution in [0.4, 0.5) is 4.39 Å². The molecule has 0 unspecified atom stereocenters. The Bertz CT molecular complexity index is 1400. The number of rotatable bonds is 5.